The molecule has 0 aliphatic rings. The van der Waals surface area contributed by atoms with Gasteiger partial charge < -0.3 is 10.5 Å². The van der Waals surface area contributed by atoms with Crippen molar-refractivity contribution in [2.45, 2.75) is 26.2 Å². The van der Waals surface area contributed by atoms with E-state index in [2.05, 4.69) is 10.4 Å². The molecular formula is C10H14ClN3O2. The highest BCUT2D eigenvalue weighted by molar-refractivity contribution is 6.33. The highest BCUT2D eigenvalue weighted by atomic mass is 35.5. The molecule has 88 valence electrons. The van der Waals surface area contributed by atoms with E-state index in [0.29, 0.717) is 5.69 Å². The molecule has 0 saturated carbocycles. The smallest absolute Gasteiger partial charge is 0.337 e. The first-order valence-electron chi connectivity index (χ1n) is 4.68. The van der Waals surface area contributed by atoms with E-state index < -0.39 is 11.4 Å². The number of hydrogen-bond acceptors (Lipinski definition) is 4. The molecule has 0 amide bonds. The van der Waals surface area contributed by atoms with Gasteiger partial charge in [-0.1, -0.05) is 32.4 Å². The van der Waals surface area contributed by atoms with E-state index in [9.17, 15) is 4.79 Å². The first-order chi connectivity index (χ1) is 7.27. The minimum atomic E-state index is -1.05. The van der Waals surface area contributed by atoms with Crippen LogP contribution in [0.3, 0.4) is 0 Å². The lowest BCUT2D eigenvalue weighted by Gasteiger charge is -2.21. The van der Waals surface area contributed by atoms with E-state index in [4.69, 9.17) is 22.6 Å². The van der Waals surface area contributed by atoms with Gasteiger partial charge in [0.2, 0.25) is 0 Å². The summed E-state index contributed by atoms with van der Waals surface area (Å²) in [6, 6.07) is 1.35. The molecule has 0 radical (unpaired) electrons. The van der Waals surface area contributed by atoms with Crippen molar-refractivity contribution >= 4 is 23.4 Å². The Bertz CT molecular complexity index is 427. The predicted molar refractivity (Wildman–Crippen MR) is 62.7 cm³/mol. The number of hydrazine groups is 1. The Hall–Kier alpha value is -1.33. The molecule has 0 aliphatic heterocycles. The monoisotopic (exact) mass is 243 g/mol. The molecule has 0 saturated heterocycles. The van der Waals surface area contributed by atoms with E-state index in [1.165, 1.54) is 6.07 Å². The minimum Gasteiger partial charge on any atom is -0.478 e. The first-order valence-corrected chi connectivity index (χ1v) is 5.06. The molecular weight excluding hydrogens is 230 g/mol. The number of anilines is 1. The van der Waals surface area contributed by atoms with Crippen LogP contribution in [-0.2, 0) is 5.41 Å². The van der Waals surface area contributed by atoms with Crippen LogP contribution in [0.25, 0.3) is 0 Å². The molecule has 0 aliphatic carbocycles. The van der Waals surface area contributed by atoms with Crippen molar-refractivity contribution in [3.63, 3.8) is 0 Å². The van der Waals surface area contributed by atoms with E-state index in [1.807, 2.05) is 20.8 Å². The summed E-state index contributed by atoms with van der Waals surface area (Å²) in [5, 5.41) is 9.25. The van der Waals surface area contributed by atoms with Crippen molar-refractivity contribution in [2.75, 3.05) is 5.43 Å². The molecule has 0 unspecified atom stereocenters. The third kappa shape index (κ3) is 2.43. The molecule has 16 heavy (non-hydrogen) atoms. The van der Waals surface area contributed by atoms with Gasteiger partial charge in [0, 0.05) is 5.41 Å². The zero-order chi connectivity index (χ0) is 12.5. The summed E-state index contributed by atoms with van der Waals surface area (Å²) in [7, 11) is 0. The lowest BCUT2D eigenvalue weighted by atomic mass is 9.88. The van der Waals surface area contributed by atoms with Gasteiger partial charge in [0.1, 0.15) is 0 Å². The summed E-state index contributed by atoms with van der Waals surface area (Å²) in [5.74, 6) is 4.47. The van der Waals surface area contributed by atoms with Gasteiger partial charge in [-0.05, 0) is 6.07 Å². The zero-order valence-electron chi connectivity index (χ0n) is 9.34. The van der Waals surface area contributed by atoms with Gasteiger partial charge in [-0.3, -0.25) is 0 Å². The highest BCUT2D eigenvalue weighted by Crippen LogP contribution is 2.29. The van der Waals surface area contributed by atoms with Crippen LogP contribution in [0.2, 0.25) is 5.02 Å². The molecule has 0 bridgehead atoms. The molecule has 0 atom stereocenters. The van der Waals surface area contributed by atoms with Crippen LogP contribution < -0.4 is 11.3 Å². The Balaban J connectivity index is 3.49. The largest absolute Gasteiger partial charge is 0.478 e. The maximum atomic E-state index is 11.1. The second kappa shape index (κ2) is 4.27. The average molecular weight is 244 g/mol. The molecule has 1 aromatic rings. The third-order valence-corrected chi connectivity index (χ3v) is 2.34. The van der Waals surface area contributed by atoms with Crippen molar-refractivity contribution in [3.8, 4) is 0 Å². The quantitative estimate of drug-likeness (QED) is 0.546. The van der Waals surface area contributed by atoms with Gasteiger partial charge in [-0.25, -0.2) is 15.6 Å². The van der Waals surface area contributed by atoms with E-state index in [0.717, 1.165) is 0 Å². The third-order valence-electron chi connectivity index (χ3n) is 2.05. The number of halogens is 1. The van der Waals surface area contributed by atoms with E-state index in [-0.39, 0.29) is 16.4 Å². The summed E-state index contributed by atoms with van der Waals surface area (Å²) >= 11 is 5.83. The number of carboxylic acids is 1. The number of hydrogen-bond donors (Lipinski definition) is 3. The van der Waals surface area contributed by atoms with Gasteiger partial charge in [0.15, 0.2) is 5.82 Å². The molecule has 6 heteroatoms. The fraction of sp³-hybridized carbons (Fsp3) is 0.400. The van der Waals surface area contributed by atoms with Crippen LogP contribution in [0.1, 0.15) is 36.8 Å². The van der Waals surface area contributed by atoms with Crippen LogP contribution in [0.4, 0.5) is 5.82 Å². The van der Waals surface area contributed by atoms with Gasteiger partial charge in [0.25, 0.3) is 0 Å². The van der Waals surface area contributed by atoms with Gasteiger partial charge >= 0.3 is 5.97 Å². The predicted octanol–water partition coefficient (Wildman–Crippen LogP) is 2.02. The number of nitrogens with zero attached hydrogens (tertiary/aromatic N) is 1. The summed E-state index contributed by atoms with van der Waals surface area (Å²) < 4.78 is 0. The molecule has 0 fully saturated rings. The van der Waals surface area contributed by atoms with Crippen molar-refractivity contribution in [2.24, 2.45) is 5.84 Å². The molecule has 1 aromatic heterocycles. The van der Waals surface area contributed by atoms with E-state index in [1.54, 1.807) is 0 Å². The summed E-state index contributed by atoms with van der Waals surface area (Å²) in [5.41, 5.74) is 2.47. The second-order valence-corrected chi connectivity index (χ2v) is 4.82. The SMILES string of the molecule is CC(C)(C)c1nc(NN)c(Cl)cc1C(=O)O. The van der Waals surface area contributed by atoms with Crippen LogP contribution in [0.5, 0.6) is 0 Å². The Labute approximate surface area is 98.6 Å². The number of carboxylic acid groups (broad SMARTS) is 1. The Morgan fingerprint density at radius 1 is 1.56 bits per heavy atom. The minimum absolute atomic E-state index is 0.0940. The maximum Gasteiger partial charge on any atom is 0.337 e. The van der Waals surface area contributed by atoms with Crippen LogP contribution in [0, 0.1) is 0 Å². The molecule has 5 nitrogen and oxygen atoms in total. The molecule has 0 aromatic carbocycles. The van der Waals surface area contributed by atoms with Crippen molar-refractivity contribution < 1.29 is 9.90 Å². The Kier molecular flexibility index (Phi) is 3.40. The van der Waals surface area contributed by atoms with Crippen LogP contribution in [-0.4, -0.2) is 16.1 Å². The van der Waals surface area contributed by atoms with Crippen molar-refractivity contribution in [1.82, 2.24) is 4.98 Å². The molecule has 1 rings (SSSR count). The Morgan fingerprint density at radius 3 is 2.50 bits per heavy atom. The zero-order valence-corrected chi connectivity index (χ0v) is 10.1. The summed E-state index contributed by atoms with van der Waals surface area (Å²) in [6.07, 6.45) is 0. The first kappa shape index (κ1) is 12.7. The number of rotatable bonds is 2. The average Bonchev–Trinajstić information content (AvgIpc) is 2.15. The highest BCUT2D eigenvalue weighted by Gasteiger charge is 2.25. The summed E-state index contributed by atoms with van der Waals surface area (Å²) in [6.45, 7) is 5.61. The van der Waals surface area contributed by atoms with Crippen LogP contribution in [0.15, 0.2) is 6.07 Å². The molecule has 4 N–H and O–H groups in total. The number of pyridine rings is 1. The lowest BCUT2D eigenvalue weighted by molar-refractivity contribution is 0.0693. The summed E-state index contributed by atoms with van der Waals surface area (Å²) in [4.78, 5) is 15.2. The Morgan fingerprint density at radius 2 is 2.12 bits per heavy atom. The number of nitrogens with two attached hydrogens (primary N) is 1. The molecule has 1 heterocycles. The number of nitrogen functional groups attached to an aromatic ring is 1. The number of nitrogens with one attached hydrogen (secondary N) is 1. The van der Waals surface area contributed by atoms with E-state index >= 15 is 0 Å². The second-order valence-electron chi connectivity index (χ2n) is 4.41. The topological polar surface area (TPSA) is 88.2 Å². The van der Waals surface area contributed by atoms with Crippen LogP contribution >= 0.6 is 11.6 Å². The standard InChI is InChI=1S/C10H14ClN3O2/c1-10(2,3)7-5(9(15)16)4-6(11)8(13-7)14-12/h4H,12H2,1-3H3,(H,13,14)(H,15,16). The fourth-order valence-electron chi connectivity index (χ4n) is 1.32. The fourth-order valence-corrected chi connectivity index (χ4v) is 1.53. The maximum absolute atomic E-state index is 11.1. The number of aromatic nitrogens is 1. The lowest BCUT2D eigenvalue weighted by Crippen LogP contribution is -2.21. The van der Waals surface area contributed by atoms with Gasteiger partial charge in [0.05, 0.1) is 16.3 Å². The van der Waals surface area contributed by atoms with Crippen molar-refractivity contribution in [3.05, 3.63) is 22.3 Å². The molecule has 0 spiro atoms. The van der Waals surface area contributed by atoms with Gasteiger partial charge in [-0.2, -0.15) is 0 Å². The number of aromatic carboxylic acids is 1. The number of carbonyl (C=O) groups is 1. The van der Waals surface area contributed by atoms with Gasteiger partial charge in [-0.15, -0.1) is 0 Å². The van der Waals surface area contributed by atoms with Crippen molar-refractivity contribution in [1.29, 1.82) is 0 Å². The normalized spacial score (nSPS) is 11.3.